The van der Waals surface area contributed by atoms with Gasteiger partial charge in [-0.25, -0.2) is 4.79 Å². The zero-order valence-electron chi connectivity index (χ0n) is 14.6. The molecule has 0 atom stereocenters. The molecule has 0 aliphatic carbocycles. The van der Waals surface area contributed by atoms with Crippen LogP contribution in [0.15, 0.2) is 0 Å². The van der Waals surface area contributed by atoms with Crippen LogP contribution in [0.4, 0.5) is 0 Å². The number of aliphatic carboxylic acids is 2. The van der Waals surface area contributed by atoms with Gasteiger partial charge in [-0.2, -0.15) is 0 Å². The van der Waals surface area contributed by atoms with Crippen molar-refractivity contribution in [1.82, 2.24) is 0 Å². The van der Waals surface area contributed by atoms with Gasteiger partial charge in [-0.05, 0) is 6.42 Å². The van der Waals surface area contributed by atoms with Gasteiger partial charge >= 0.3 is 11.9 Å². The van der Waals surface area contributed by atoms with Crippen LogP contribution in [0.25, 0.3) is 0 Å². The second kappa shape index (κ2) is 20.6. The first-order valence-corrected chi connectivity index (χ1v) is 8.94. The van der Waals surface area contributed by atoms with Gasteiger partial charge < -0.3 is 10.2 Å². The maximum atomic E-state index is 10.3. The summed E-state index contributed by atoms with van der Waals surface area (Å²) in [7, 11) is 0. The molecule has 0 saturated carbocycles. The predicted octanol–water partition coefficient (Wildman–Crippen LogP) is 4.82. The molecule has 0 aromatic carbocycles. The Morgan fingerprint density at radius 2 is 1.00 bits per heavy atom. The van der Waals surface area contributed by atoms with E-state index >= 15 is 0 Å². The van der Waals surface area contributed by atoms with Crippen molar-refractivity contribution >= 4 is 18.2 Å². The molecular weight excluding hydrogens is 296 g/mol. The van der Waals surface area contributed by atoms with E-state index in [1.54, 1.807) is 0 Å². The number of hydrogen-bond acceptors (Lipinski definition) is 3. The van der Waals surface area contributed by atoms with E-state index < -0.39 is 11.9 Å². The summed E-state index contributed by atoms with van der Waals surface area (Å²) in [5.41, 5.74) is 0. The zero-order valence-corrected chi connectivity index (χ0v) is 14.6. The van der Waals surface area contributed by atoms with Gasteiger partial charge in [0, 0.05) is 6.42 Å². The van der Waals surface area contributed by atoms with E-state index in [1.165, 1.54) is 70.6 Å². The van der Waals surface area contributed by atoms with Crippen molar-refractivity contribution in [1.29, 1.82) is 0 Å². The number of carbonyl (C=O) groups excluding carboxylic acids is 1. The fourth-order valence-electron chi connectivity index (χ4n) is 2.29. The number of rotatable bonds is 15. The van der Waals surface area contributed by atoms with Gasteiger partial charge in [-0.1, -0.05) is 84.0 Å². The predicted molar refractivity (Wildman–Crippen MR) is 91.6 cm³/mol. The summed E-state index contributed by atoms with van der Waals surface area (Å²) < 4.78 is 0. The Kier molecular flexibility index (Phi) is 21.4. The summed E-state index contributed by atoms with van der Waals surface area (Å²) in [5.74, 6) is -2.08. The summed E-state index contributed by atoms with van der Waals surface area (Å²) in [6.07, 6.45) is 17.1. The van der Waals surface area contributed by atoms with Gasteiger partial charge in [0.1, 0.15) is 0 Å². The minimum Gasteiger partial charge on any atom is -0.481 e. The molecule has 0 radical (unpaired) electrons. The standard InChI is InChI=1S/C16H32O2.C2H2O3/c1-2-3-4-5-6-7-8-9-10-11-12-13-14-15-16(17)18;3-1-2(4)5/h2-15H2,1H3,(H,17,18);1H,(H,4,5). The fourth-order valence-corrected chi connectivity index (χ4v) is 2.29. The molecule has 0 fully saturated rings. The lowest BCUT2D eigenvalue weighted by Gasteiger charge is -2.02. The number of carbonyl (C=O) groups is 3. The number of unbranched alkanes of at least 4 members (excludes halogenated alkanes) is 12. The Bertz CT molecular complexity index is 289. The highest BCUT2D eigenvalue weighted by Gasteiger charge is 1.96. The van der Waals surface area contributed by atoms with Crippen LogP contribution in [-0.2, 0) is 14.4 Å². The summed E-state index contributed by atoms with van der Waals surface area (Å²) in [6, 6.07) is 0. The van der Waals surface area contributed by atoms with E-state index in [0.29, 0.717) is 6.42 Å². The molecule has 0 aromatic rings. The second-order valence-corrected chi connectivity index (χ2v) is 5.84. The number of hydrogen-bond donors (Lipinski definition) is 2. The molecule has 23 heavy (non-hydrogen) atoms. The number of carboxylic acids is 2. The van der Waals surface area contributed by atoms with E-state index in [-0.39, 0.29) is 6.29 Å². The van der Waals surface area contributed by atoms with Crippen LogP contribution in [0.3, 0.4) is 0 Å². The molecule has 0 saturated heterocycles. The quantitative estimate of drug-likeness (QED) is 0.255. The number of aldehydes is 1. The summed E-state index contributed by atoms with van der Waals surface area (Å²) in [6.45, 7) is 2.26. The van der Waals surface area contributed by atoms with Gasteiger partial charge in [0.15, 0.2) is 0 Å². The molecule has 0 amide bonds. The van der Waals surface area contributed by atoms with Crippen LogP contribution in [0.2, 0.25) is 0 Å². The van der Waals surface area contributed by atoms with Crippen LogP contribution in [0.5, 0.6) is 0 Å². The van der Waals surface area contributed by atoms with Gasteiger partial charge in [-0.3, -0.25) is 9.59 Å². The van der Waals surface area contributed by atoms with Crippen LogP contribution in [-0.4, -0.2) is 28.4 Å². The Balaban J connectivity index is 0. The molecule has 0 bridgehead atoms. The van der Waals surface area contributed by atoms with Gasteiger partial charge in [-0.15, -0.1) is 0 Å². The lowest BCUT2D eigenvalue weighted by Crippen LogP contribution is -1.93. The zero-order chi connectivity index (χ0) is 17.8. The minimum absolute atomic E-state index is 0.167. The largest absolute Gasteiger partial charge is 0.481 e. The molecule has 5 nitrogen and oxygen atoms in total. The third-order valence-corrected chi connectivity index (χ3v) is 3.60. The normalized spacial score (nSPS) is 9.78. The van der Waals surface area contributed by atoms with Gasteiger partial charge in [0.2, 0.25) is 6.29 Å². The van der Waals surface area contributed by atoms with E-state index in [2.05, 4.69) is 6.92 Å². The van der Waals surface area contributed by atoms with Crippen LogP contribution < -0.4 is 0 Å². The molecule has 136 valence electrons. The average molecular weight is 330 g/mol. The minimum atomic E-state index is -1.43. The summed E-state index contributed by atoms with van der Waals surface area (Å²) in [4.78, 5) is 28.2. The van der Waals surface area contributed by atoms with Gasteiger partial charge in [0.25, 0.3) is 0 Å². The lowest BCUT2D eigenvalue weighted by molar-refractivity contribution is -0.143. The molecule has 5 heteroatoms. The van der Waals surface area contributed by atoms with E-state index in [1.807, 2.05) is 0 Å². The van der Waals surface area contributed by atoms with Gasteiger partial charge in [0.05, 0.1) is 0 Å². The summed E-state index contributed by atoms with van der Waals surface area (Å²) in [5, 5.41) is 15.8. The van der Waals surface area contributed by atoms with E-state index in [0.717, 1.165) is 12.8 Å². The first-order chi connectivity index (χ1) is 11.0. The highest BCUT2D eigenvalue weighted by atomic mass is 16.4. The van der Waals surface area contributed by atoms with Crippen molar-refractivity contribution in [2.24, 2.45) is 0 Å². The third kappa shape index (κ3) is 29.3. The molecule has 0 aliphatic rings. The maximum Gasteiger partial charge on any atom is 0.368 e. The Labute approximate surface area is 140 Å². The second-order valence-electron chi connectivity index (χ2n) is 5.84. The highest BCUT2D eigenvalue weighted by molar-refractivity contribution is 6.19. The third-order valence-electron chi connectivity index (χ3n) is 3.60. The fraction of sp³-hybridized carbons (Fsp3) is 0.833. The van der Waals surface area contributed by atoms with Crippen molar-refractivity contribution in [3.8, 4) is 0 Å². The lowest BCUT2D eigenvalue weighted by atomic mass is 10.0. The topological polar surface area (TPSA) is 91.7 Å². The van der Waals surface area contributed by atoms with Crippen LogP contribution in [0, 0.1) is 0 Å². The first-order valence-electron chi connectivity index (χ1n) is 8.94. The van der Waals surface area contributed by atoms with E-state index in [9.17, 15) is 4.79 Å². The molecule has 0 aliphatic heterocycles. The molecule has 0 heterocycles. The maximum absolute atomic E-state index is 10.3. The monoisotopic (exact) mass is 330 g/mol. The van der Waals surface area contributed by atoms with Crippen molar-refractivity contribution in [3.05, 3.63) is 0 Å². The number of carboxylic acid groups (broad SMARTS) is 2. The Morgan fingerprint density at radius 1 is 0.696 bits per heavy atom. The smallest absolute Gasteiger partial charge is 0.368 e. The first kappa shape index (κ1) is 23.9. The summed E-state index contributed by atoms with van der Waals surface area (Å²) >= 11 is 0. The van der Waals surface area contributed by atoms with E-state index in [4.69, 9.17) is 19.8 Å². The van der Waals surface area contributed by atoms with Crippen molar-refractivity contribution in [2.75, 3.05) is 0 Å². The highest BCUT2D eigenvalue weighted by Crippen LogP contribution is 2.12. The Hall–Kier alpha value is -1.39. The average Bonchev–Trinajstić information content (AvgIpc) is 2.52. The van der Waals surface area contributed by atoms with Crippen molar-refractivity contribution < 1.29 is 24.6 Å². The molecule has 2 N–H and O–H groups in total. The molecule has 0 unspecified atom stereocenters. The van der Waals surface area contributed by atoms with Crippen LogP contribution in [0.1, 0.15) is 96.8 Å². The molecule has 0 aromatic heterocycles. The molecular formula is C18H34O5. The molecule has 0 rings (SSSR count). The van der Waals surface area contributed by atoms with Crippen LogP contribution >= 0.6 is 0 Å². The van der Waals surface area contributed by atoms with Crippen molar-refractivity contribution in [2.45, 2.75) is 96.8 Å². The Morgan fingerprint density at radius 3 is 1.26 bits per heavy atom. The molecule has 0 spiro atoms. The SMILES string of the molecule is CCCCCCCCCCCCCCCC(=O)O.O=CC(=O)O. The van der Waals surface area contributed by atoms with Crippen molar-refractivity contribution in [3.63, 3.8) is 0 Å².